The van der Waals surface area contributed by atoms with E-state index in [1.807, 2.05) is 131 Å². The predicted molar refractivity (Wildman–Crippen MR) is 164 cm³/mol. The zero-order valence-electron chi connectivity index (χ0n) is 21.5. The molecular weight excluding hydrogens is 512 g/mol. The lowest BCUT2D eigenvalue weighted by Gasteiger charge is -2.47. The van der Waals surface area contributed by atoms with Crippen molar-refractivity contribution in [2.24, 2.45) is 10.2 Å². The van der Waals surface area contributed by atoms with E-state index in [9.17, 15) is 4.79 Å². The van der Waals surface area contributed by atoms with Gasteiger partial charge in [-0.2, -0.15) is 10.2 Å². The first-order valence-electron chi connectivity index (χ1n) is 13.1. The Hall–Kier alpha value is -4.94. The zero-order chi connectivity index (χ0) is 26.9. The van der Waals surface area contributed by atoms with Crippen molar-refractivity contribution in [2.75, 3.05) is 10.0 Å². The molecule has 0 unspecified atom stereocenters. The Morgan fingerprint density at radius 2 is 1.07 bits per heavy atom. The number of rotatable bonds is 5. The number of Topliss-reactive ketones (excluding diaryl/α,β-unsaturated/α-hetero) is 1. The molecule has 0 N–H and O–H groups in total. The van der Waals surface area contributed by atoms with Crippen LogP contribution >= 0.6 is 11.8 Å². The van der Waals surface area contributed by atoms with Crippen molar-refractivity contribution in [3.05, 3.63) is 168 Å². The van der Waals surface area contributed by atoms with E-state index in [-0.39, 0.29) is 5.78 Å². The third-order valence-corrected chi connectivity index (χ3v) is 8.33. The molecule has 5 aromatic rings. The largest absolute Gasteiger partial charge is 0.286 e. The van der Waals surface area contributed by atoms with Crippen LogP contribution in [0.15, 0.2) is 156 Å². The third kappa shape index (κ3) is 3.92. The van der Waals surface area contributed by atoms with Gasteiger partial charge in [-0.1, -0.05) is 121 Å². The third-order valence-electron chi connectivity index (χ3n) is 7.02. The molecule has 5 aromatic carbocycles. The van der Waals surface area contributed by atoms with E-state index in [4.69, 9.17) is 10.2 Å². The number of thioether (sulfide) groups is 1. The van der Waals surface area contributed by atoms with Crippen molar-refractivity contribution in [3.8, 4) is 0 Å². The van der Waals surface area contributed by atoms with Gasteiger partial charge < -0.3 is 0 Å². The summed E-state index contributed by atoms with van der Waals surface area (Å²) in [6.07, 6.45) is 0. The molecule has 0 radical (unpaired) electrons. The number of hydrogen-bond acceptors (Lipinski definition) is 6. The number of para-hydroxylation sites is 2. The highest BCUT2D eigenvalue weighted by Gasteiger charge is 2.56. The maximum atomic E-state index is 13.9. The fourth-order valence-electron chi connectivity index (χ4n) is 5.19. The molecule has 2 aliphatic heterocycles. The summed E-state index contributed by atoms with van der Waals surface area (Å²) in [6, 6.07) is 47.9. The molecule has 7 rings (SSSR count). The predicted octanol–water partition coefficient (Wildman–Crippen LogP) is 7.52. The lowest BCUT2D eigenvalue weighted by Crippen LogP contribution is -2.54. The van der Waals surface area contributed by atoms with Crippen LogP contribution in [-0.2, 0) is 4.99 Å². The van der Waals surface area contributed by atoms with E-state index < -0.39 is 4.99 Å². The number of ketones is 1. The Bertz CT molecular complexity index is 1740. The summed E-state index contributed by atoms with van der Waals surface area (Å²) in [4.78, 5) is 12.9. The number of fused-ring (bicyclic) bond motifs is 2. The number of anilines is 2. The molecule has 6 heteroatoms. The summed E-state index contributed by atoms with van der Waals surface area (Å²) >= 11 is 1.43. The van der Waals surface area contributed by atoms with Crippen LogP contribution in [0.1, 0.15) is 27.0 Å². The maximum Gasteiger partial charge on any atom is 0.234 e. The second kappa shape index (κ2) is 9.98. The van der Waals surface area contributed by atoms with Gasteiger partial charge in [-0.15, -0.1) is 0 Å². The van der Waals surface area contributed by atoms with Gasteiger partial charge in [-0.25, -0.2) is 10.0 Å². The van der Waals surface area contributed by atoms with Crippen LogP contribution in [0.4, 0.5) is 11.4 Å². The van der Waals surface area contributed by atoms with Crippen molar-refractivity contribution in [1.82, 2.24) is 0 Å². The minimum absolute atomic E-state index is 0.119. The minimum Gasteiger partial charge on any atom is -0.286 e. The van der Waals surface area contributed by atoms with Crippen molar-refractivity contribution in [3.63, 3.8) is 0 Å². The normalized spacial score (nSPS) is 17.8. The van der Waals surface area contributed by atoms with Crippen molar-refractivity contribution in [2.45, 2.75) is 4.99 Å². The number of hydrogen-bond donors (Lipinski definition) is 0. The molecule has 1 spiro atoms. The van der Waals surface area contributed by atoms with Crippen LogP contribution in [0, 0.1) is 0 Å². The lowest BCUT2D eigenvalue weighted by atomic mass is 9.93. The average molecular weight is 537 g/mol. The zero-order valence-corrected chi connectivity index (χ0v) is 22.3. The van der Waals surface area contributed by atoms with Crippen LogP contribution in [0.25, 0.3) is 0 Å². The van der Waals surface area contributed by atoms with Gasteiger partial charge in [0.05, 0.1) is 17.1 Å². The highest BCUT2D eigenvalue weighted by molar-refractivity contribution is 8.17. The Labute approximate surface area is 237 Å². The van der Waals surface area contributed by atoms with Gasteiger partial charge >= 0.3 is 0 Å². The van der Waals surface area contributed by atoms with Gasteiger partial charge in [0.1, 0.15) is 0 Å². The molecular formula is C34H24N4OS. The van der Waals surface area contributed by atoms with Crippen LogP contribution < -0.4 is 10.0 Å². The maximum absolute atomic E-state index is 13.9. The molecule has 0 fully saturated rings. The SMILES string of the molecule is O=C(C1=NN(c2ccccc2)[C@@]2(S1)c1ccccc1C(c1ccccc1)=NN2c1ccccc1)c1ccccc1. The summed E-state index contributed by atoms with van der Waals surface area (Å²) in [5.74, 6) is -0.119. The van der Waals surface area contributed by atoms with Crippen LogP contribution in [0.3, 0.4) is 0 Å². The second-order valence-corrected chi connectivity index (χ2v) is 10.6. The summed E-state index contributed by atoms with van der Waals surface area (Å²) in [5, 5.41) is 14.8. The summed E-state index contributed by atoms with van der Waals surface area (Å²) in [6.45, 7) is 0. The highest BCUT2D eigenvalue weighted by atomic mass is 32.2. The van der Waals surface area contributed by atoms with Crippen molar-refractivity contribution < 1.29 is 4.79 Å². The van der Waals surface area contributed by atoms with Gasteiger partial charge in [0.2, 0.25) is 10.8 Å². The Kier molecular flexibility index (Phi) is 6.02. The molecule has 40 heavy (non-hydrogen) atoms. The quantitative estimate of drug-likeness (QED) is 0.218. The topological polar surface area (TPSA) is 48.3 Å². The van der Waals surface area contributed by atoms with E-state index in [1.54, 1.807) is 0 Å². The van der Waals surface area contributed by atoms with E-state index in [0.717, 1.165) is 33.8 Å². The Morgan fingerprint density at radius 3 is 1.70 bits per heavy atom. The molecule has 0 saturated carbocycles. The second-order valence-electron chi connectivity index (χ2n) is 9.47. The molecule has 0 saturated heterocycles. The number of carbonyl (C=O) groups excluding carboxylic acids is 1. The Morgan fingerprint density at radius 1 is 0.575 bits per heavy atom. The molecule has 1 atom stereocenters. The van der Waals surface area contributed by atoms with E-state index in [0.29, 0.717) is 10.6 Å². The molecule has 5 nitrogen and oxygen atoms in total. The molecule has 0 aromatic heterocycles. The fraction of sp³-hybridized carbons (Fsp3) is 0.0294. The number of nitrogens with zero attached hydrogens (tertiary/aromatic N) is 4. The van der Waals surface area contributed by atoms with Crippen LogP contribution in [0.5, 0.6) is 0 Å². The van der Waals surface area contributed by atoms with E-state index in [1.165, 1.54) is 11.8 Å². The van der Waals surface area contributed by atoms with Gasteiger partial charge in [-0.3, -0.25) is 4.79 Å². The van der Waals surface area contributed by atoms with Crippen molar-refractivity contribution in [1.29, 1.82) is 0 Å². The molecule has 0 amide bonds. The Balaban J connectivity index is 1.50. The van der Waals surface area contributed by atoms with Gasteiger partial charge in [0.25, 0.3) is 0 Å². The molecule has 2 aliphatic rings. The molecule has 192 valence electrons. The monoisotopic (exact) mass is 536 g/mol. The van der Waals surface area contributed by atoms with Gasteiger partial charge in [0, 0.05) is 22.3 Å². The van der Waals surface area contributed by atoms with Gasteiger partial charge in [0.15, 0.2) is 5.04 Å². The van der Waals surface area contributed by atoms with Crippen LogP contribution in [-0.4, -0.2) is 16.5 Å². The number of benzene rings is 5. The minimum atomic E-state index is -0.989. The summed E-state index contributed by atoms with van der Waals surface area (Å²) < 4.78 is 0. The van der Waals surface area contributed by atoms with Gasteiger partial charge in [-0.05, 0) is 36.0 Å². The highest BCUT2D eigenvalue weighted by Crippen LogP contribution is 2.55. The number of hydrazone groups is 2. The standard InChI is InChI=1S/C34H24N4OS/c39-32(26-17-7-2-8-18-26)33-36-38(28-21-11-4-12-22-28)34(40-33)30-24-14-13-23-29(30)31(25-15-5-1-6-16-25)35-37(34)27-19-9-3-10-20-27/h1-24H/t34-/m1/s1. The first-order valence-corrected chi connectivity index (χ1v) is 13.9. The van der Waals surface area contributed by atoms with Crippen molar-refractivity contribution >= 4 is 39.7 Å². The molecule has 0 aliphatic carbocycles. The molecule has 2 heterocycles. The number of carbonyl (C=O) groups is 1. The summed E-state index contributed by atoms with van der Waals surface area (Å²) in [7, 11) is 0. The first kappa shape index (κ1) is 24.1. The van der Waals surface area contributed by atoms with E-state index >= 15 is 0 Å². The first-order chi connectivity index (χ1) is 19.8. The lowest BCUT2D eigenvalue weighted by molar-refractivity contribution is 0.106. The van der Waals surface area contributed by atoms with Crippen LogP contribution in [0.2, 0.25) is 0 Å². The molecule has 0 bridgehead atoms. The smallest absolute Gasteiger partial charge is 0.234 e. The average Bonchev–Trinajstić information content (AvgIpc) is 3.43. The van der Waals surface area contributed by atoms with E-state index in [2.05, 4.69) is 24.3 Å². The fourth-order valence-corrected chi connectivity index (χ4v) is 6.54. The summed E-state index contributed by atoms with van der Waals surface area (Å²) in [5.41, 5.74) is 6.23.